The lowest BCUT2D eigenvalue weighted by Crippen LogP contribution is -2.46. The number of amides is 2. The van der Waals surface area contributed by atoms with E-state index in [9.17, 15) is 9.59 Å². The molecule has 1 aliphatic heterocycles. The molecule has 2 amide bonds. The molecule has 0 radical (unpaired) electrons. The molecule has 1 saturated heterocycles. The van der Waals surface area contributed by atoms with E-state index < -0.39 is 0 Å². The number of rotatable bonds is 4. The van der Waals surface area contributed by atoms with Crippen LogP contribution in [-0.2, 0) is 4.79 Å². The molecular weight excluding hydrogens is 292 g/mol. The number of nitrogens with two attached hydrogens (primary N) is 2. The van der Waals surface area contributed by atoms with E-state index in [0.717, 1.165) is 25.9 Å². The molecule has 1 aromatic carbocycles. The van der Waals surface area contributed by atoms with Crippen molar-refractivity contribution in [2.24, 2.45) is 5.73 Å². The quantitative estimate of drug-likeness (QED) is 0.709. The standard InChI is InChI=1S/C14H19ClN4O2/c15-12-7-9(16)1-2-11(12)14(21)18-10-3-5-19(6-4-10)8-13(17)20/h1-2,7,10H,3-6,8,16H2,(H2,17,20)(H,18,21). The molecule has 1 aliphatic rings. The summed E-state index contributed by atoms with van der Waals surface area (Å²) in [7, 11) is 0. The summed E-state index contributed by atoms with van der Waals surface area (Å²) >= 11 is 6.02. The van der Waals surface area contributed by atoms with Crippen LogP contribution in [-0.4, -0.2) is 42.4 Å². The second kappa shape index (κ2) is 6.78. The van der Waals surface area contributed by atoms with Gasteiger partial charge in [0.15, 0.2) is 0 Å². The number of primary amides is 1. The fraction of sp³-hybridized carbons (Fsp3) is 0.429. The first-order valence-electron chi connectivity index (χ1n) is 6.82. The van der Waals surface area contributed by atoms with Gasteiger partial charge in [-0.05, 0) is 31.0 Å². The third-order valence-corrected chi connectivity index (χ3v) is 3.85. The summed E-state index contributed by atoms with van der Waals surface area (Å²) in [5, 5.41) is 3.31. The molecule has 1 aromatic rings. The summed E-state index contributed by atoms with van der Waals surface area (Å²) < 4.78 is 0. The van der Waals surface area contributed by atoms with E-state index in [4.69, 9.17) is 23.1 Å². The van der Waals surface area contributed by atoms with Crippen molar-refractivity contribution in [2.45, 2.75) is 18.9 Å². The van der Waals surface area contributed by atoms with Gasteiger partial charge in [-0.15, -0.1) is 0 Å². The van der Waals surface area contributed by atoms with Gasteiger partial charge >= 0.3 is 0 Å². The monoisotopic (exact) mass is 310 g/mol. The van der Waals surface area contributed by atoms with Gasteiger partial charge in [0.05, 0.1) is 17.1 Å². The van der Waals surface area contributed by atoms with E-state index in [1.54, 1.807) is 18.2 Å². The first-order valence-corrected chi connectivity index (χ1v) is 7.20. The van der Waals surface area contributed by atoms with Gasteiger partial charge < -0.3 is 16.8 Å². The minimum atomic E-state index is -0.328. The number of nitrogens with zero attached hydrogens (tertiary/aromatic N) is 1. The van der Waals surface area contributed by atoms with Crippen LogP contribution in [0.1, 0.15) is 23.2 Å². The van der Waals surface area contributed by atoms with E-state index in [1.807, 2.05) is 4.90 Å². The Hall–Kier alpha value is -1.79. The van der Waals surface area contributed by atoms with Crippen molar-refractivity contribution >= 4 is 29.1 Å². The van der Waals surface area contributed by atoms with Gasteiger partial charge in [0.1, 0.15) is 0 Å². The molecule has 0 aromatic heterocycles. The smallest absolute Gasteiger partial charge is 0.253 e. The number of hydrogen-bond donors (Lipinski definition) is 3. The molecule has 0 spiro atoms. The maximum Gasteiger partial charge on any atom is 0.253 e. The molecule has 2 rings (SSSR count). The van der Waals surface area contributed by atoms with E-state index in [2.05, 4.69) is 5.32 Å². The third-order valence-electron chi connectivity index (χ3n) is 3.54. The molecular formula is C14H19ClN4O2. The molecule has 0 unspecified atom stereocenters. The molecule has 114 valence electrons. The number of nitrogen functional groups attached to an aromatic ring is 1. The normalized spacial score (nSPS) is 16.6. The van der Waals surface area contributed by atoms with Crippen molar-refractivity contribution in [1.29, 1.82) is 0 Å². The second-order valence-electron chi connectivity index (χ2n) is 5.23. The summed E-state index contributed by atoms with van der Waals surface area (Å²) in [5.41, 5.74) is 11.7. The molecule has 0 atom stereocenters. The van der Waals surface area contributed by atoms with Crippen molar-refractivity contribution < 1.29 is 9.59 Å². The summed E-state index contributed by atoms with van der Waals surface area (Å²) in [5.74, 6) is -0.528. The first kappa shape index (κ1) is 15.6. The largest absolute Gasteiger partial charge is 0.399 e. The fourth-order valence-electron chi connectivity index (χ4n) is 2.43. The number of nitrogens with one attached hydrogen (secondary N) is 1. The van der Waals surface area contributed by atoms with Crippen LogP contribution in [0.3, 0.4) is 0 Å². The molecule has 6 nitrogen and oxygen atoms in total. The molecule has 0 aliphatic carbocycles. The Morgan fingerprint density at radius 1 is 1.33 bits per heavy atom. The number of anilines is 1. The van der Waals surface area contributed by atoms with Gasteiger partial charge in [-0.3, -0.25) is 14.5 Å². The average Bonchev–Trinajstić information content (AvgIpc) is 2.40. The highest BCUT2D eigenvalue weighted by atomic mass is 35.5. The van der Waals surface area contributed by atoms with Crippen molar-refractivity contribution in [3.8, 4) is 0 Å². The molecule has 7 heteroatoms. The van der Waals surface area contributed by atoms with Gasteiger partial charge in [0, 0.05) is 24.8 Å². The predicted molar refractivity (Wildman–Crippen MR) is 82.0 cm³/mol. The molecule has 0 bridgehead atoms. The van der Waals surface area contributed by atoms with Crippen LogP contribution in [0.4, 0.5) is 5.69 Å². The number of piperidine rings is 1. The van der Waals surface area contributed by atoms with Gasteiger partial charge in [-0.25, -0.2) is 0 Å². The Labute approximate surface area is 128 Å². The topological polar surface area (TPSA) is 101 Å². The van der Waals surface area contributed by atoms with Gasteiger partial charge in [0.25, 0.3) is 5.91 Å². The molecule has 1 fully saturated rings. The number of carbonyl (C=O) groups excluding carboxylic acids is 2. The maximum absolute atomic E-state index is 12.2. The number of benzene rings is 1. The number of halogens is 1. The molecule has 1 heterocycles. The Morgan fingerprint density at radius 3 is 2.57 bits per heavy atom. The van der Waals surface area contributed by atoms with Gasteiger partial charge in [-0.2, -0.15) is 0 Å². The van der Waals surface area contributed by atoms with E-state index in [-0.39, 0.29) is 24.4 Å². The summed E-state index contributed by atoms with van der Waals surface area (Å²) in [6, 6.07) is 4.91. The minimum absolute atomic E-state index is 0.0789. The lowest BCUT2D eigenvalue weighted by molar-refractivity contribution is -0.119. The molecule has 5 N–H and O–H groups in total. The van der Waals surface area contributed by atoms with Crippen LogP contribution in [0.5, 0.6) is 0 Å². The third kappa shape index (κ3) is 4.34. The Kier molecular flexibility index (Phi) is 5.03. The minimum Gasteiger partial charge on any atom is -0.399 e. The van der Waals surface area contributed by atoms with Crippen LogP contribution in [0.25, 0.3) is 0 Å². The van der Waals surface area contributed by atoms with E-state index in [0.29, 0.717) is 16.3 Å². The zero-order valence-electron chi connectivity index (χ0n) is 11.6. The zero-order valence-corrected chi connectivity index (χ0v) is 12.4. The summed E-state index contributed by atoms with van der Waals surface area (Å²) in [4.78, 5) is 25.0. The van der Waals surface area contributed by atoms with Gasteiger partial charge in [0.2, 0.25) is 5.91 Å². The highest BCUT2D eigenvalue weighted by Gasteiger charge is 2.22. The maximum atomic E-state index is 12.2. The summed E-state index contributed by atoms with van der Waals surface area (Å²) in [6.45, 7) is 1.75. The Bertz CT molecular complexity index is 542. The van der Waals surface area contributed by atoms with Gasteiger partial charge in [-0.1, -0.05) is 11.6 Å². The van der Waals surface area contributed by atoms with Crippen LogP contribution in [0.2, 0.25) is 5.02 Å². The van der Waals surface area contributed by atoms with Crippen molar-refractivity contribution in [3.63, 3.8) is 0 Å². The Morgan fingerprint density at radius 2 is 2.00 bits per heavy atom. The van der Waals surface area contributed by atoms with Crippen LogP contribution in [0, 0.1) is 0 Å². The van der Waals surface area contributed by atoms with E-state index >= 15 is 0 Å². The highest BCUT2D eigenvalue weighted by Crippen LogP contribution is 2.20. The summed E-state index contributed by atoms with van der Waals surface area (Å²) in [6.07, 6.45) is 1.57. The van der Waals surface area contributed by atoms with Crippen LogP contribution >= 0.6 is 11.6 Å². The number of likely N-dealkylation sites (tertiary alicyclic amines) is 1. The fourth-order valence-corrected chi connectivity index (χ4v) is 2.71. The second-order valence-corrected chi connectivity index (χ2v) is 5.64. The predicted octanol–water partition coefficient (Wildman–Crippen LogP) is 0.602. The van der Waals surface area contributed by atoms with Crippen molar-refractivity contribution in [3.05, 3.63) is 28.8 Å². The molecule has 21 heavy (non-hydrogen) atoms. The number of hydrogen-bond acceptors (Lipinski definition) is 4. The van der Waals surface area contributed by atoms with Crippen LogP contribution < -0.4 is 16.8 Å². The lowest BCUT2D eigenvalue weighted by Gasteiger charge is -2.31. The van der Waals surface area contributed by atoms with Crippen molar-refractivity contribution in [2.75, 3.05) is 25.4 Å². The number of carbonyl (C=O) groups is 2. The highest BCUT2D eigenvalue weighted by molar-refractivity contribution is 6.34. The average molecular weight is 311 g/mol. The molecule has 0 saturated carbocycles. The Balaban J connectivity index is 1.88. The zero-order chi connectivity index (χ0) is 15.4. The SMILES string of the molecule is NC(=O)CN1CCC(NC(=O)c2ccc(N)cc2Cl)CC1. The van der Waals surface area contributed by atoms with E-state index in [1.165, 1.54) is 0 Å². The first-order chi connectivity index (χ1) is 9.95. The lowest BCUT2D eigenvalue weighted by atomic mass is 10.0. The van der Waals surface area contributed by atoms with Crippen LogP contribution in [0.15, 0.2) is 18.2 Å². The van der Waals surface area contributed by atoms with Crippen molar-refractivity contribution in [1.82, 2.24) is 10.2 Å².